The third-order valence-corrected chi connectivity index (χ3v) is 15.0. The number of H-pyrrole nitrogens is 1. The maximum Gasteiger partial charge on any atom is 0.256 e. The molecule has 0 bridgehead atoms. The average Bonchev–Trinajstić information content (AvgIpc) is 0.897. The predicted octanol–water partition coefficient (Wildman–Crippen LogP) is 17.5. The molecule has 0 amide bonds. The van der Waals surface area contributed by atoms with Crippen molar-refractivity contribution in [1.82, 2.24) is 44.9 Å². The summed E-state index contributed by atoms with van der Waals surface area (Å²) in [6.07, 6.45) is 15.6. The molecule has 9 aromatic heterocycles. The maximum absolute atomic E-state index is 13.8. The Kier molecular flexibility index (Phi) is 20.4. The van der Waals surface area contributed by atoms with Gasteiger partial charge in [-0.05, 0) is 163 Å². The van der Waals surface area contributed by atoms with Crippen molar-refractivity contribution in [1.29, 1.82) is 0 Å². The lowest BCUT2D eigenvalue weighted by Gasteiger charge is -2.19. The molecule has 0 saturated carbocycles. The minimum atomic E-state index is -0.293. The number of nitrogens with two attached hydrogens (primary N) is 1. The average molecular weight is 1230 g/mol. The number of rotatable bonds is 12. The fourth-order valence-electron chi connectivity index (χ4n) is 9.96. The van der Waals surface area contributed by atoms with E-state index in [9.17, 15) is 18.0 Å². The van der Waals surface area contributed by atoms with E-state index in [1.807, 2.05) is 76.2 Å². The molecule has 19 heteroatoms. The van der Waals surface area contributed by atoms with Crippen LogP contribution in [0.4, 0.5) is 41.6 Å². The Morgan fingerprint density at radius 3 is 1.33 bits per heavy atom. The molecular formula is C71H68ClF3N12O3. The summed E-state index contributed by atoms with van der Waals surface area (Å²) < 4.78 is 51.8. The Balaban J connectivity index is 0.000000150. The highest BCUT2D eigenvalue weighted by Crippen LogP contribution is 2.39. The van der Waals surface area contributed by atoms with Crippen LogP contribution >= 0.6 is 11.6 Å². The quantitative estimate of drug-likeness (QED) is 0.0899. The van der Waals surface area contributed by atoms with Crippen LogP contribution in [0.5, 0.6) is 11.8 Å². The van der Waals surface area contributed by atoms with Crippen LogP contribution in [0.1, 0.15) is 93.1 Å². The molecule has 5 N–H and O–H groups in total. The maximum atomic E-state index is 13.8. The summed E-state index contributed by atoms with van der Waals surface area (Å²) >= 11 is 5.88. The first-order valence-corrected chi connectivity index (χ1v) is 29.4. The molecule has 0 radical (unpaired) electrons. The van der Waals surface area contributed by atoms with Crippen molar-refractivity contribution in [2.45, 2.75) is 80.1 Å². The Morgan fingerprint density at radius 2 is 0.889 bits per heavy atom. The third-order valence-electron chi connectivity index (χ3n) is 14.7. The molecule has 12 aromatic rings. The largest absolute Gasteiger partial charge is 0.481 e. The summed E-state index contributed by atoms with van der Waals surface area (Å²) in [4.78, 5) is 50.3. The fraction of sp³-hybridized carbons (Fsp3) is 0.197. The van der Waals surface area contributed by atoms with E-state index >= 15 is 0 Å². The molecule has 0 unspecified atom stereocenters. The number of halogens is 4. The van der Waals surface area contributed by atoms with Gasteiger partial charge in [0, 0.05) is 94.3 Å². The summed E-state index contributed by atoms with van der Waals surface area (Å²) in [6.45, 7) is 17.4. The molecule has 15 nitrogen and oxygen atoms in total. The van der Waals surface area contributed by atoms with Crippen molar-refractivity contribution in [2.75, 3.05) is 30.6 Å². The van der Waals surface area contributed by atoms with Crippen LogP contribution < -0.4 is 31.4 Å². The lowest BCUT2D eigenvalue weighted by Crippen LogP contribution is -2.15. The molecule has 0 saturated heterocycles. The van der Waals surface area contributed by atoms with Gasteiger partial charge in [0.1, 0.15) is 17.5 Å². The van der Waals surface area contributed by atoms with Crippen LogP contribution in [-0.2, 0) is 0 Å². The van der Waals surface area contributed by atoms with E-state index < -0.39 is 0 Å². The van der Waals surface area contributed by atoms with Gasteiger partial charge in [0.05, 0.1) is 75.6 Å². The van der Waals surface area contributed by atoms with Gasteiger partial charge in [-0.25, -0.2) is 23.1 Å². The number of hydrogen-bond donors (Lipinski definition) is 4. The molecule has 458 valence electrons. The van der Waals surface area contributed by atoms with Gasteiger partial charge in [0.15, 0.2) is 0 Å². The lowest BCUT2D eigenvalue weighted by atomic mass is 10.0. The van der Waals surface area contributed by atoms with Crippen LogP contribution in [0.15, 0.2) is 170 Å². The van der Waals surface area contributed by atoms with Crippen LogP contribution in [-0.4, -0.2) is 59.1 Å². The number of nitrogen functional groups attached to an aromatic ring is 1. The Hall–Kier alpha value is -10.3. The number of hydrogen-bond acceptors (Lipinski definition) is 14. The van der Waals surface area contributed by atoms with Crippen LogP contribution in [0.3, 0.4) is 0 Å². The van der Waals surface area contributed by atoms with Gasteiger partial charge in [0.25, 0.3) is 5.56 Å². The number of fused-ring (bicyclic) bond motifs is 3. The zero-order valence-corrected chi connectivity index (χ0v) is 52.5. The van der Waals surface area contributed by atoms with Crippen LogP contribution in [0, 0.1) is 38.2 Å². The zero-order chi connectivity index (χ0) is 64.3. The van der Waals surface area contributed by atoms with Crippen LogP contribution in [0.2, 0.25) is 5.02 Å². The van der Waals surface area contributed by atoms with Gasteiger partial charge < -0.3 is 30.8 Å². The van der Waals surface area contributed by atoms with E-state index in [2.05, 4.69) is 64.4 Å². The molecule has 3 aromatic carbocycles. The second kappa shape index (κ2) is 28.7. The summed E-state index contributed by atoms with van der Waals surface area (Å²) in [5.74, 6) is 0.736. The second-order valence-corrected chi connectivity index (χ2v) is 22.5. The molecule has 0 aliphatic carbocycles. The molecule has 9 heterocycles. The molecule has 0 spiro atoms. The highest BCUT2D eigenvalue weighted by Gasteiger charge is 2.20. The first kappa shape index (κ1) is 64.2. The Bertz CT molecular complexity index is 4610. The monoisotopic (exact) mass is 1230 g/mol. The molecular weight excluding hydrogens is 1160 g/mol. The van der Waals surface area contributed by atoms with Crippen LogP contribution in [0.25, 0.3) is 66.1 Å². The van der Waals surface area contributed by atoms with Gasteiger partial charge in [0.2, 0.25) is 11.8 Å². The summed E-state index contributed by atoms with van der Waals surface area (Å²) in [5, 5.41) is 10.4. The van der Waals surface area contributed by atoms with Gasteiger partial charge in [-0.15, -0.1) is 0 Å². The molecule has 0 atom stereocenters. The number of aromatic nitrogens is 9. The minimum Gasteiger partial charge on any atom is -0.481 e. The number of nitrogens with zero attached hydrogens (tertiary/aromatic N) is 8. The van der Waals surface area contributed by atoms with E-state index in [1.54, 1.807) is 133 Å². The van der Waals surface area contributed by atoms with Gasteiger partial charge in [-0.1, -0.05) is 71.3 Å². The predicted molar refractivity (Wildman–Crippen MR) is 356 cm³/mol. The number of aryl methyl sites for hydroxylation is 3. The van der Waals surface area contributed by atoms with E-state index in [4.69, 9.17) is 31.8 Å². The third kappa shape index (κ3) is 14.8. The smallest absolute Gasteiger partial charge is 0.256 e. The Morgan fingerprint density at radius 1 is 0.478 bits per heavy atom. The number of pyridine rings is 9. The first-order chi connectivity index (χ1) is 43.2. The van der Waals surface area contributed by atoms with Crippen molar-refractivity contribution in [3.63, 3.8) is 0 Å². The van der Waals surface area contributed by atoms with Gasteiger partial charge in [-0.3, -0.25) is 34.7 Å². The van der Waals surface area contributed by atoms with E-state index in [1.165, 1.54) is 18.2 Å². The number of aromatic amines is 1. The zero-order valence-electron chi connectivity index (χ0n) is 51.7. The lowest BCUT2D eigenvalue weighted by molar-refractivity contribution is 0.397. The van der Waals surface area contributed by atoms with Gasteiger partial charge in [-0.2, -0.15) is 0 Å². The van der Waals surface area contributed by atoms with Crippen molar-refractivity contribution in [2.24, 2.45) is 0 Å². The first-order valence-electron chi connectivity index (χ1n) is 29.0. The molecule has 0 fully saturated rings. The van der Waals surface area contributed by atoms with Gasteiger partial charge >= 0.3 is 0 Å². The second-order valence-electron chi connectivity index (χ2n) is 22.1. The number of anilines is 5. The molecule has 0 aliphatic heterocycles. The number of benzene rings is 3. The summed E-state index contributed by atoms with van der Waals surface area (Å²) in [6, 6.07) is 31.4. The molecule has 0 aliphatic rings. The standard InChI is InChI=1S/C24H23FN4O.C23H21FN4O.C16H19FN2O.C8H5ClN2/c1-14(2)23-22(28-21-8-10-27-20-7-9-26-13-18(20)21)12-17(24(29-23)30-4)16-5-6-19(25)15(3)11-16;1-13(2)22-21(27-20-7-9-26-19-6-8-25-12-17(19)20)11-16(23(29)28-22)15-4-5-18(24)14(3)10-15;1-9(2)15-14(18)8-12(16(19-15)20-4)11-5-6-13(17)10(3)7-11;9-7-1-4-11-8-2-3-10-5-6(7)8/h5-14H,1-4H3,(H,27,28);4-13H,1-3H3,(H,26,27)(H,28,29);5-9H,18H2,1-4H3;1-5H. The highest BCUT2D eigenvalue weighted by atomic mass is 35.5. The summed E-state index contributed by atoms with van der Waals surface area (Å²) in [7, 11) is 3.17. The number of methoxy groups -OCH3 is 2. The number of ether oxygens (including phenoxy) is 2. The van der Waals surface area contributed by atoms with E-state index in [0.717, 1.165) is 94.8 Å². The topological polar surface area (TPSA) is 205 Å². The minimum absolute atomic E-state index is 0.0976. The number of nitrogens with one attached hydrogen (secondary N) is 3. The fourth-order valence-corrected chi connectivity index (χ4v) is 10.2. The van der Waals surface area contributed by atoms with Crippen molar-refractivity contribution in [3.8, 4) is 45.1 Å². The molecule has 12 rings (SSSR count). The summed E-state index contributed by atoms with van der Waals surface area (Å²) in [5.41, 5.74) is 21.0. The highest BCUT2D eigenvalue weighted by molar-refractivity contribution is 6.35. The molecule has 90 heavy (non-hydrogen) atoms. The van der Waals surface area contributed by atoms with Crippen molar-refractivity contribution >= 4 is 72.7 Å². The van der Waals surface area contributed by atoms with Crippen molar-refractivity contribution < 1.29 is 22.6 Å². The Labute approximate surface area is 525 Å². The normalized spacial score (nSPS) is 11.0. The van der Waals surface area contributed by atoms with E-state index in [-0.39, 0.29) is 40.8 Å². The van der Waals surface area contributed by atoms with Crippen molar-refractivity contribution in [3.05, 3.63) is 232 Å². The SMILES string of the molecule is COc1nc(C(C)C)c(N)cc1-c1ccc(F)c(C)c1.COc1nc(C(C)C)c(Nc2ccnc3ccncc23)cc1-c1ccc(F)c(C)c1.Cc1cc(-c2cc(Nc3ccnc4ccncc34)c(C(C)C)[nH]c2=O)ccc1F.Clc1ccnc2ccncc12. The van der Waals surface area contributed by atoms with E-state index in [0.29, 0.717) is 50.3 Å².